The molecule has 0 aromatic rings. The van der Waals surface area contributed by atoms with Crippen molar-refractivity contribution in [3.05, 3.63) is 23.9 Å². The molecule has 0 rings (SSSR count). The van der Waals surface area contributed by atoms with Crippen molar-refractivity contribution in [2.45, 2.75) is 33.1 Å². The van der Waals surface area contributed by atoms with Gasteiger partial charge in [-0.15, -0.1) is 6.58 Å². The van der Waals surface area contributed by atoms with E-state index in [1.165, 1.54) is 0 Å². The van der Waals surface area contributed by atoms with E-state index < -0.39 is 5.97 Å². The summed E-state index contributed by atoms with van der Waals surface area (Å²) < 4.78 is 0. The number of thiocarbonyl (C=S) groups is 1. The monoisotopic (exact) mass is 227 g/mol. The topological polar surface area (TPSA) is 49.3 Å². The maximum atomic E-state index is 11.0. The predicted molar refractivity (Wildman–Crippen MR) is 65.8 cm³/mol. The lowest BCUT2D eigenvalue weighted by atomic mass is 10.1. The lowest BCUT2D eigenvalue weighted by molar-refractivity contribution is -0.132. The fourth-order valence-electron chi connectivity index (χ4n) is 1.12. The highest BCUT2D eigenvalue weighted by Crippen LogP contribution is 2.11. The fourth-order valence-corrected chi connectivity index (χ4v) is 1.24. The van der Waals surface area contributed by atoms with Gasteiger partial charge in [-0.2, -0.15) is 0 Å². The number of aliphatic carboxylic acids is 1. The first-order valence-electron chi connectivity index (χ1n) is 4.92. The smallest absolute Gasteiger partial charge is 0.333 e. The molecule has 2 N–H and O–H groups in total. The molecule has 0 aliphatic heterocycles. The standard InChI is InChI=1S/C11H17NO2S/c1-4-7-8(11(13)14)9(5-2)12-10(15)6-3/h4H,1,5-7H2,2-3H3,(H,12,15)(H,13,14)/b9-8+. The number of carboxylic acids is 1. The van der Waals surface area contributed by atoms with Crippen molar-refractivity contribution in [2.24, 2.45) is 0 Å². The molecule has 4 heteroatoms. The molecule has 0 aliphatic carbocycles. The maximum Gasteiger partial charge on any atom is 0.333 e. The Labute approximate surface area is 95.9 Å². The molecule has 0 heterocycles. The molecule has 0 radical (unpaired) electrons. The summed E-state index contributed by atoms with van der Waals surface area (Å²) in [7, 11) is 0. The summed E-state index contributed by atoms with van der Waals surface area (Å²) >= 11 is 5.02. The van der Waals surface area contributed by atoms with E-state index in [0.717, 1.165) is 0 Å². The van der Waals surface area contributed by atoms with Crippen LogP contribution < -0.4 is 5.32 Å². The minimum Gasteiger partial charge on any atom is -0.478 e. The maximum absolute atomic E-state index is 11.0. The Morgan fingerprint density at radius 1 is 1.47 bits per heavy atom. The summed E-state index contributed by atoms with van der Waals surface area (Å²) in [5.41, 5.74) is 1.01. The quantitative estimate of drug-likeness (QED) is 0.416. The molecule has 0 aromatic heterocycles. The molecule has 0 amide bonds. The number of hydrogen-bond acceptors (Lipinski definition) is 2. The molecule has 0 atom stereocenters. The molecule has 0 unspecified atom stereocenters. The van der Waals surface area contributed by atoms with Gasteiger partial charge in [0.25, 0.3) is 0 Å². The molecule has 0 saturated carbocycles. The highest BCUT2D eigenvalue weighted by Gasteiger charge is 2.12. The van der Waals surface area contributed by atoms with Gasteiger partial charge < -0.3 is 10.4 Å². The minimum atomic E-state index is -0.918. The van der Waals surface area contributed by atoms with E-state index in [-0.39, 0.29) is 0 Å². The SMILES string of the molecule is C=CC/C(C(=O)O)=C(/CC)NC(=S)CC. The van der Waals surface area contributed by atoms with Crippen molar-refractivity contribution < 1.29 is 9.90 Å². The number of hydrogen-bond donors (Lipinski definition) is 2. The van der Waals surface area contributed by atoms with Crippen LogP contribution >= 0.6 is 12.2 Å². The number of allylic oxidation sites excluding steroid dienone is 2. The number of carbonyl (C=O) groups is 1. The van der Waals surface area contributed by atoms with Crippen molar-refractivity contribution in [3.63, 3.8) is 0 Å². The average Bonchev–Trinajstić information content (AvgIpc) is 2.22. The second-order valence-electron chi connectivity index (χ2n) is 3.01. The Kier molecular flexibility index (Phi) is 6.62. The average molecular weight is 227 g/mol. The summed E-state index contributed by atoms with van der Waals surface area (Å²) in [4.78, 5) is 11.6. The second kappa shape index (κ2) is 7.17. The molecule has 0 bridgehead atoms. The third kappa shape index (κ3) is 4.74. The van der Waals surface area contributed by atoms with Crippen LogP contribution in [0.15, 0.2) is 23.9 Å². The van der Waals surface area contributed by atoms with Gasteiger partial charge in [0.2, 0.25) is 0 Å². The summed E-state index contributed by atoms with van der Waals surface area (Å²) in [5.74, 6) is -0.918. The van der Waals surface area contributed by atoms with Crippen molar-refractivity contribution >= 4 is 23.2 Å². The minimum absolute atomic E-state index is 0.336. The normalized spacial score (nSPS) is 11.6. The third-order valence-electron chi connectivity index (χ3n) is 1.94. The second-order valence-corrected chi connectivity index (χ2v) is 3.50. The first kappa shape index (κ1) is 13.8. The molecule has 0 aromatic carbocycles. The van der Waals surface area contributed by atoms with Gasteiger partial charge in [-0.3, -0.25) is 0 Å². The highest BCUT2D eigenvalue weighted by molar-refractivity contribution is 7.80. The van der Waals surface area contributed by atoms with E-state index in [4.69, 9.17) is 17.3 Å². The van der Waals surface area contributed by atoms with Crippen LogP contribution in [0.3, 0.4) is 0 Å². The first-order chi connectivity index (χ1) is 7.06. The van der Waals surface area contributed by atoms with E-state index in [2.05, 4.69) is 11.9 Å². The lowest BCUT2D eigenvalue weighted by Crippen LogP contribution is -2.23. The molecular weight excluding hydrogens is 210 g/mol. The Balaban J connectivity index is 4.94. The Morgan fingerprint density at radius 3 is 2.40 bits per heavy atom. The zero-order chi connectivity index (χ0) is 11.8. The summed E-state index contributed by atoms with van der Waals surface area (Å²) in [6.45, 7) is 7.36. The molecule has 0 fully saturated rings. The van der Waals surface area contributed by atoms with Gasteiger partial charge in [0, 0.05) is 5.70 Å². The first-order valence-corrected chi connectivity index (χ1v) is 5.33. The fraction of sp³-hybridized carbons (Fsp3) is 0.455. The number of rotatable bonds is 6. The van der Waals surface area contributed by atoms with Crippen LogP contribution in [0, 0.1) is 0 Å². The van der Waals surface area contributed by atoms with E-state index in [9.17, 15) is 4.79 Å². The molecule has 0 aliphatic rings. The van der Waals surface area contributed by atoms with Crippen LogP contribution in [0.1, 0.15) is 33.1 Å². The van der Waals surface area contributed by atoms with Gasteiger partial charge >= 0.3 is 5.97 Å². The molecule has 0 saturated heterocycles. The van der Waals surface area contributed by atoms with Crippen LogP contribution in [0.5, 0.6) is 0 Å². The van der Waals surface area contributed by atoms with Gasteiger partial charge in [-0.05, 0) is 19.3 Å². The van der Waals surface area contributed by atoms with E-state index >= 15 is 0 Å². The van der Waals surface area contributed by atoms with Gasteiger partial charge in [-0.1, -0.05) is 32.1 Å². The molecule has 84 valence electrons. The zero-order valence-electron chi connectivity index (χ0n) is 9.17. The molecule has 3 nitrogen and oxygen atoms in total. The molecular formula is C11H17NO2S. The number of nitrogens with one attached hydrogen (secondary N) is 1. The van der Waals surface area contributed by atoms with E-state index in [1.807, 2.05) is 13.8 Å². The zero-order valence-corrected chi connectivity index (χ0v) is 9.99. The van der Waals surface area contributed by atoms with Crippen molar-refractivity contribution in [3.8, 4) is 0 Å². The Morgan fingerprint density at radius 2 is 2.07 bits per heavy atom. The third-order valence-corrected chi connectivity index (χ3v) is 2.33. The van der Waals surface area contributed by atoms with E-state index in [1.54, 1.807) is 6.08 Å². The van der Waals surface area contributed by atoms with Crippen LogP contribution in [-0.4, -0.2) is 16.1 Å². The van der Waals surface area contributed by atoms with Gasteiger partial charge in [-0.25, -0.2) is 4.79 Å². The van der Waals surface area contributed by atoms with Crippen LogP contribution in [0.4, 0.5) is 0 Å². The number of carboxylic acid groups (broad SMARTS) is 1. The van der Waals surface area contributed by atoms with Gasteiger partial charge in [0.1, 0.15) is 0 Å². The van der Waals surface area contributed by atoms with E-state index in [0.29, 0.717) is 35.5 Å². The summed E-state index contributed by atoms with van der Waals surface area (Å²) in [5, 5.41) is 12.0. The van der Waals surface area contributed by atoms with Crippen LogP contribution in [0.25, 0.3) is 0 Å². The molecule has 0 spiro atoms. The van der Waals surface area contributed by atoms with Crippen LogP contribution in [-0.2, 0) is 4.79 Å². The predicted octanol–water partition coefficient (Wildman–Crippen LogP) is 2.64. The summed E-state index contributed by atoms with van der Waals surface area (Å²) in [6, 6.07) is 0. The summed E-state index contributed by atoms with van der Waals surface area (Å²) in [6.07, 6.45) is 3.25. The van der Waals surface area contributed by atoms with Gasteiger partial charge in [0.15, 0.2) is 0 Å². The van der Waals surface area contributed by atoms with Crippen LogP contribution in [0.2, 0.25) is 0 Å². The van der Waals surface area contributed by atoms with Crippen molar-refractivity contribution in [1.82, 2.24) is 5.32 Å². The largest absolute Gasteiger partial charge is 0.478 e. The lowest BCUT2D eigenvalue weighted by Gasteiger charge is -2.12. The highest BCUT2D eigenvalue weighted by atomic mass is 32.1. The molecule has 15 heavy (non-hydrogen) atoms. The Hall–Kier alpha value is -1.16. The van der Waals surface area contributed by atoms with Crippen molar-refractivity contribution in [2.75, 3.05) is 0 Å². The van der Waals surface area contributed by atoms with Gasteiger partial charge in [0.05, 0.1) is 10.6 Å². The van der Waals surface area contributed by atoms with Crippen molar-refractivity contribution in [1.29, 1.82) is 0 Å². The Bertz CT molecular complexity index is 295.